The summed E-state index contributed by atoms with van der Waals surface area (Å²) in [6.45, 7) is 2.91. The van der Waals surface area contributed by atoms with Gasteiger partial charge in [-0.3, -0.25) is 4.79 Å². The highest BCUT2D eigenvalue weighted by molar-refractivity contribution is 5.95. The largest absolute Gasteiger partial charge is 0.494 e. The molecule has 4 aromatic rings. The zero-order valence-corrected chi connectivity index (χ0v) is 20.3. The van der Waals surface area contributed by atoms with Crippen LogP contribution in [-0.2, 0) is 6.61 Å². The summed E-state index contributed by atoms with van der Waals surface area (Å²) in [6, 6.07) is 30.2. The van der Waals surface area contributed by atoms with E-state index in [4.69, 9.17) is 14.2 Å². The average Bonchev–Trinajstić information content (AvgIpc) is 2.94. The third kappa shape index (κ3) is 7.53. The number of hydrogen-bond donors (Lipinski definition) is 1. The fraction of sp³-hybridized carbons (Fsp3) is 0.100. The summed E-state index contributed by atoms with van der Waals surface area (Å²) in [4.78, 5) is 24.7. The van der Waals surface area contributed by atoms with Crippen molar-refractivity contribution in [3.63, 3.8) is 0 Å². The van der Waals surface area contributed by atoms with Crippen LogP contribution in [-0.4, -0.2) is 24.7 Å². The second kappa shape index (κ2) is 12.7. The van der Waals surface area contributed by atoms with E-state index in [9.17, 15) is 9.59 Å². The van der Waals surface area contributed by atoms with Crippen molar-refractivity contribution in [3.8, 4) is 17.2 Å². The molecule has 1 amide bonds. The smallest absolute Gasteiger partial charge is 0.343 e. The minimum Gasteiger partial charge on any atom is -0.494 e. The number of ether oxygens (including phenoxy) is 3. The van der Waals surface area contributed by atoms with Crippen molar-refractivity contribution in [2.45, 2.75) is 13.5 Å². The second-order valence-electron chi connectivity index (χ2n) is 7.91. The molecule has 7 heteroatoms. The van der Waals surface area contributed by atoms with Gasteiger partial charge in [-0.05, 0) is 90.8 Å². The maximum Gasteiger partial charge on any atom is 0.343 e. The predicted molar refractivity (Wildman–Crippen MR) is 141 cm³/mol. The summed E-state index contributed by atoms with van der Waals surface area (Å²) >= 11 is 0. The fourth-order valence-corrected chi connectivity index (χ4v) is 3.32. The van der Waals surface area contributed by atoms with Crippen LogP contribution < -0.4 is 19.6 Å². The Morgan fingerprint density at radius 1 is 0.730 bits per heavy atom. The number of nitrogens with zero attached hydrogens (tertiary/aromatic N) is 1. The van der Waals surface area contributed by atoms with Crippen LogP contribution in [0, 0.1) is 0 Å². The first-order valence-electron chi connectivity index (χ1n) is 11.8. The Morgan fingerprint density at radius 3 is 1.97 bits per heavy atom. The van der Waals surface area contributed by atoms with E-state index in [2.05, 4.69) is 10.5 Å². The van der Waals surface area contributed by atoms with Crippen LogP contribution >= 0.6 is 0 Å². The normalized spacial score (nSPS) is 10.6. The number of amides is 1. The van der Waals surface area contributed by atoms with E-state index in [1.807, 2.05) is 37.3 Å². The molecular formula is C30H26N2O5. The predicted octanol–water partition coefficient (Wildman–Crippen LogP) is 5.65. The van der Waals surface area contributed by atoms with E-state index >= 15 is 0 Å². The number of nitrogens with one attached hydrogen (secondary N) is 1. The molecule has 0 spiro atoms. The summed E-state index contributed by atoms with van der Waals surface area (Å²) in [5.74, 6) is 0.960. The van der Waals surface area contributed by atoms with E-state index in [1.165, 1.54) is 6.21 Å². The topological polar surface area (TPSA) is 86.2 Å². The zero-order valence-electron chi connectivity index (χ0n) is 20.3. The Bertz CT molecular complexity index is 1330. The highest BCUT2D eigenvalue weighted by Gasteiger charge is 2.09. The van der Waals surface area contributed by atoms with Crippen molar-refractivity contribution in [2.75, 3.05) is 6.61 Å². The minimum absolute atomic E-state index is 0.341. The number of carbonyl (C=O) groups is 2. The summed E-state index contributed by atoms with van der Waals surface area (Å²) in [5.41, 5.74) is 5.18. The van der Waals surface area contributed by atoms with Crippen LogP contribution in [0.1, 0.15) is 38.8 Å². The molecule has 0 unspecified atom stereocenters. The van der Waals surface area contributed by atoms with Gasteiger partial charge in [0.25, 0.3) is 5.91 Å². The highest BCUT2D eigenvalue weighted by atomic mass is 16.5. The van der Waals surface area contributed by atoms with Crippen molar-refractivity contribution in [3.05, 3.63) is 125 Å². The van der Waals surface area contributed by atoms with Crippen molar-refractivity contribution < 1.29 is 23.8 Å². The van der Waals surface area contributed by atoms with E-state index in [0.717, 1.165) is 11.1 Å². The molecule has 37 heavy (non-hydrogen) atoms. The molecule has 0 saturated carbocycles. The van der Waals surface area contributed by atoms with E-state index in [-0.39, 0.29) is 5.91 Å². The molecule has 0 saturated heterocycles. The SMILES string of the molecule is CCOc1ccc(C(=O)Oc2ccc(/C=N/NC(=O)c3ccc(OCc4ccccc4)cc3)cc2)cc1. The summed E-state index contributed by atoms with van der Waals surface area (Å²) in [5, 5.41) is 4.00. The molecule has 1 N–H and O–H groups in total. The van der Waals surface area contributed by atoms with E-state index in [0.29, 0.717) is 41.6 Å². The standard InChI is InChI=1S/C30H26N2O5/c1-2-35-26-18-12-25(13-19-26)30(34)37-28-14-8-22(9-15-28)20-31-32-29(33)24-10-16-27(17-11-24)36-21-23-6-4-3-5-7-23/h3-20H,2,21H2,1H3,(H,32,33)/b31-20+. The van der Waals surface area contributed by atoms with E-state index < -0.39 is 5.97 Å². The van der Waals surface area contributed by atoms with Gasteiger partial charge in [0, 0.05) is 5.56 Å². The fourth-order valence-electron chi connectivity index (χ4n) is 3.32. The Morgan fingerprint density at radius 2 is 1.32 bits per heavy atom. The average molecular weight is 495 g/mol. The lowest BCUT2D eigenvalue weighted by atomic mass is 10.2. The van der Waals surface area contributed by atoms with Crippen LogP contribution in [0.3, 0.4) is 0 Å². The molecule has 0 radical (unpaired) electrons. The zero-order chi connectivity index (χ0) is 25.9. The molecule has 0 aliphatic rings. The van der Waals surface area contributed by atoms with Crippen LogP contribution in [0.4, 0.5) is 0 Å². The monoisotopic (exact) mass is 494 g/mol. The lowest BCUT2D eigenvalue weighted by Crippen LogP contribution is -2.17. The molecule has 0 aliphatic heterocycles. The van der Waals surface area contributed by atoms with Gasteiger partial charge in [-0.25, -0.2) is 10.2 Å². The maximum atomic E-state index is 12.4. The Hall–Kier alpha value is -4.91. The van der Waals surface area contributed by atoms with Crippen LogP contribution in [0.5, 0.6) is 17.2 Å². The molecule has 4 aromatic carbocycles. The molecule has 186 valence electrons. The van der Waals surface area contributed by atoms with Gasteiger partial charge >= 0.3 is 5.97 Å². The lowest BCUT2D eigenvalue weighted by molar-refractivity contribution is 0.0734. The van der Waals surface area contributed by atoms with Gasteiger partial charge in [-0.1, -0.05) is 30.3 Å². The molecule has 0 fully saturated rings. The molecule has 0 aromatic heterocycles. The molecular weight excluding hydrogens is 468 g/mol. The molecule has 4 rings (SSSR count). The summed E-state index contributed by atoms with van der Waals surface area (Å²) in [7, 11) is 0. The molecule has 0 atom stereocenters. The van der Waals surface area contributed by atoms with Crippen molar-refractivity contribution in [2.24, 2.45) is 5.10 Å². The molecule has 0 aliphatic carbocycles. The number of hydrazone groups is 1. The first kappa shape index (κ1) is 25.2. The first-order chi connectivity index (χ1) is 18.1. The maximum absolute atomic E-state index is 12.4. The number of carbonyl (C=O) groups excluding carboxylic acids is 2. The Balaban J connectivity index is 1.24. The molecule has 7 nitrogen and oxygen atoms in total. The van der Waals surface area contributed by atoms with Crippen molar-refractivity contribution >= 4 is 18.1 Å². The van der Waals surface area contributed by atoms with Crippen molar-refractivity contribution in [1.82, 2.24) is 5.43 Å². The summed E-state index contributed by atoms with van der Waals surface area (Å²) < 4.78 is 16.5. The third-order valence-corrected chi connectivity index (χ3v) is 5.24. The Labute approximate surface area is 215 Å². The van der Waals surface area contributed by atoms with Gasteiger partial charge in [-0.2, -0.15) is 5.10 Å². The third-order valence-electron chi connectivity index (χ3n) is 5.24. The van der Waals surface area contributed by atoms with Crippen LogP contribution in [0.2, 0.25) is 0 Å². The van der Waals surface area contributed by atoms with Gasteiger partial charge in [-0.15, -0.1) is 0 Å². The highest BCUT2D eigenvalue weighted by Crippen LogP contribution is 2.17. The first-order valence-corrected chi connectivity index (χ1v) is 11.8. The second-order valence-corrected chi connectivity index (χ2v) is 7.91. The Kier molecular flexibility index (Phi) is 8.64. The van der Waals surface area contributed by atoms with Gasteiger partial charge in [0.1, 0.15) is 23.9 Å². The summed E-state index contributed by atoms with van der Waals surface area (Å²) in [6.07, 6.45) is 1.51. The quantitative estimate of drug-likeness (QED) is 0.133. The molecule has 0 bridgehead atoms. The van der Waals surface area contributed by atoms with Crippen LogP contribution in [0.15, 0.2) is 108 Å². The number of hydrogen-bond acceptors (Lipinski definition) is 6. The van der Waals surface area contributed by atoms with Crippen molar-refractivity contribution in [1.29, 1.82) is 0 Å². The van der Waals surface area contributed by atoms with Gasteiger partial charge in [0.05, 0.1) is 18.4 Å². The van der Waals surface area contributed by atoms with Crippen LogP contribution in [0.25, 0.3) is 0 Å². The number of rotatable bonds is 10. The van der Waals surface area contributed by atoms with Gasteiger partial charge < -0.3 is 14.2 Å². The number of esters is 1. The minimum atomic E-state index is -0.465. The van der Waals surface area contributed by atoms with Gasteiger partial charge in [0.2, 0.25) is 0 Å². The lowest BCUT2D eigenvalue weighted by Gasteiger charge is -2.07. The molecule has 0 heterocycles. The van der Waals surface area contributed by atoms with Gasteiger partial charge in [0.15, 0.2) is 0 Å². The van der Waals surface area contributed by atoms with E-state index in [1.54, 1.807) is 72.8 Å². The number of benzene rings is 4.